The van der Waals surface area contributed by atoms with Crippen molar-refractivity contribution in [2.24, 2.45) is 7.05 Å². The molecule has 1 N–H and O–H groups in total. The van der Waals surface area contributed by atoms with Crippen LogP contribution in [0, 0.1) is 6.92 Å². The molecule has 0 aliphatic rings. The third kappa shape index (κ3) is 3.93. The Kier molecular flexibility index (Phi) is 5.23. The minimum absolute atomic E-state index is 0.269. The second-order valence-electron chi connectivity index (χ2n) is 5.79. The fourth-order valence-electron chi connectivity index (χ4n) is 2.48. The number of rotatable bonds is 6. The van der Waals surface area contributed by atoms with Gasteiger partial charge >= 0.3 is 0 Å². The van der Waals surface area contributed by atoms with Crippen molar-refractivity contribution < 1.29 is 9.21 Å². The SMILES string of the molecule is Cc1ccccc1CSc1nnc(C(C)NC(=O)c2ccco2)n1C. The first kappa shape index (κ1) is 17.3. The lowest BCUT2D eigenvalue weighted by molar-refractivity contribution is 0.0909. The lowest BCUT2D eigenvalue weighted by atomic mass is 10.1. The van der Waals surface area contributed by atoms with Crippen LogP contribution in [0.3, 0.4) is 0 Å². The number of nitrogens with one attached hydrogen (secondary N) is 1. The zero-order valence-electron chi connectivity index (χ0n) is 14.4. The summed E-state index contributed by atoms with van der Waals surface area (Å²) in [4.78, 5) is 12.1. The van der Waals surface area contributed by atoms with Gasteiger partial charge in [-0.3, -0.25) is 4.79 Å². The number of aryl methyl sites for hydroxylation is 1. The molecular weight excluding hydrogens is 336 g/mol. The lowest BCUT2D eigenvalue weighted by Crippen LogP contribution is -2.28. The largest absolute Gasteiger partial charge is 0.459 e. The molecular formula is C18H20N4O2S. The highest BCUT2D eigenvalue weighted by atomic mass is 32.2. The molecule has 3 rings (SSSR count). The van der Waals surface area contributed by atoms with Crippen LogP contribution in [0.2, 0.25) is 0 Å². The molecule has 2 heterocycles. The van der Waals surface area contributed by atoms with E-state index in [9.17, 15) is 4.79 Å². The fourth-order valence-corrected chi connectivity index (χ4v) is 3.48. The molecule has 1 atom stereocenters. The molecule has 1 unspecified atom stereocenters. The third-order valence-electron chi connectivity index (χ3n) is 3.97. The average Bonchev–Trinajstić information content (AvgIpc) is 3.24. The van der Waals surface area contributed by atoms with Gasteiger partial charge in [-0.15, -0.1) is 10.2 Å². The summed E-state index contributed by atoms with van der Waals surface area (Å²) in [6.45, 7) is 3.98. The van der Waals surface area contributed by atoms with Crippen LogP contribution in [0.4, 0.5) is 0 Å². The highest BCUT2D eigenvalue weighted by Crippen LogP contribution is 2.24. The normalized spacial score (nSPS) is 12.1. The van der Waals surface area contributed by atoms with Crippen molar-refractivity contribution in [3.05, 3.63) is 65.4 Å². The van der Waals surface area contributed by atoms with Crippen molar-refractivity contribution in [2.75, 3.05) is 0 Å². The molecule has 0 saturated carbocycles. The minimum atomic E-state index is -0.275. The smallest absolute Gasteiger partial charge is 0.287 e. The van der Waals surface area contributed by atoms with E-state index < -0.39 is 0 Å². The number of hydrogen-bond acceptors (Lipinski definition) is 5. The molecule has 6 nitrogen and oxygen atoms in total. The quantitative estimate of drug-likeness (QED) is 0.684. The van der Waals surface area contributed by atoms with Gasteiger partial charge in [0.1, 0.15) is 0 Å². The van der Waals surface area contributed by atoms with Crippen LogP contribution >= 0.6 is 11.8 Å². The van der Waals surface area contributed by atoms with Gasteiger partial charge in [0.25, 0.3) is 5.91 Å². The van der Waals surface area contributed by atoms with Crippen molar-refractivity contribution >= 4 is 17.7 Å². The van der Waals surface area contributed by atoms with E-state index in [2.05, 4.69) is 34.6 Å². The topological polar surface area (TPSA) is 73.0 Å². The minimum Gasteiger partial charge on any atom is -0.459 e. The van der Waals surface area contributed by atoms with Crippen molar-refractivity contribution in [3.63, 3.8) is 0 Å². The summed E-state index contributed by atoms with van der Waals surface area (Å²) in [6, 6.07) is 11.3. The molecule has 0 saturated heterocycles. The van der Waals surface area contributed by atoms with Crippen LogP contribution < -0.4 is 5.32 Å². The Morgan fingerprint density at radius 1 is 1.28 bits per heavy atom. The average molecular weight is 356 g/mol. The van der Waals surface area contributed by atoms with E-state index in [4.69, 9.17) is 4.42 Å². The standard InChI is InChI=1S/C18H20N4O2S/c1-12-7-4-5-8-14(12)11-25-18-21-20-16(22(18)3)13(2)19-17(23)15-9-6-10-24-15/h4-10,13H,11H2,1-3H3,(H,19,23). The number of thioether (sulfide) groups is 1. The maximum absolute atomic E-state index is 12.1. The summed E-state index contributed by atoms with van der Waals surface area (Å²) >= 11 is 1.63. The predicted molar refractivity (Wildman–Crippen MR) is 96.3 cm³/mol. The Balaban J connectivity index is 1.66. The van der Waals surface area contributed by atoms with Crippen molar-refractivity contribution in [3.8, 4) is 0 Å². The van der Waals surface area contributed by atoms with Crippen LogP contribution in [0.15, 0.2) is 52.2 Å². The Hall–Kier alpha value is -2.54. The number of carbonyl (C=O) groups is 1. The Morgan fingerprint density at radius 3 is 2.80 bits per heavy atom. The predicted octanol–water partition coefficient (Wildman–Crippen LogP) is 3.50. The van der Waals surface area contributed by atoms with E-state index in [0.717, 1.165) is 10.9 Å². The number of nitrogens with zero attached hydrogens (tertiary/aromatic N) is 3. The molecule has 2 aromatic heterocycles. The summed E-state index contributed by atoms with van der Waals surface area (Å²) in [5.74, 6) is 1.54. The van der Waals surface area contributed by atoms with Crippen molar-refractivity contribution in [1.82, 2.24) is 20.1 Å². The van der Waals surface area contributed by atoms with Gasteiger partial charge in [-0.25, -0.2) is 0 Å². The highest BCUT2D eigenvalue weighted by Gasteiger charge is 2.19. The fraction of sp³-hybridized carbons (Fsp3) is 0.278. The summed E-state index contributed by atoms with van der Waals surface area (Å²) in [5.41, 5.74) is 2.53. The zero-order chi connectivity index (χ0) is 17.8. The Bertz CT molecular complexity index is 858. The van der Waals surface area contributed by atoms with Crippen LogP contribution in [-0.4, -0.2) is 20.7 Å². The molecule has 1 amide bonds. The molecule has 0 bridgehead atoms. The first-order valence-electron chi connectivity index (χ1n) is 7.97. The van der Waals surface area contributed by atoms with Gasteiger partial charge in [-0.2, -0.15) is 0 Å². The van der Waals surface area contributed by atoms with Crippen LogP contribution in [-0.2, 0) is 12.8 Å². The first-order chi connectivity index (χ1) is 12.1. The summed E-state index contributed by atoms with van der Waals surface area (Å²) in [5, 5.41) is 12.2. The van der Waals surface area contributed by atoms with Gasteiger partial charge in [0.15, 0.2) is 16.7 Å². The number of aromatic nitrogens is 3. The third-order valence-corrected chi connectivity index (χ3v) is 5.04. The lowest BCUT2D eigenvalue weighted by Gasteiger charge is -2.12. The molecule has 0 aliphatic carbocycles. The zero-order valence-corrected chi connectivity index (χ0v) is 15.2. The maximum atomic E-state index is 12.1. The van der Waals surface area contributed by atoms with E-state index in [-0.39, 0.29) is 17.7 Å². The molecule has 0 spiro atoms. The van der Waals surface area contributed by atoms with Gasteiger partial charge < -0.3 is 14.3 Å². The molecule has 130 valence electrons. The summed E-state index contributed by atoms with van der Waals surface area (Å²) < 4.78 is 7.02. The molecule has 7 heteroatoms. The van der Waals surface area contributed by atoms with Crippen molar-refractivity contribution in [2.45, 2.75) is 30.8 Å². The van der Waals surface area contributed by atoms with E-state index in [1.807, 2.05) is 30.7 Å². The Labute approximate surface area is 150 Å². The van der Waals surface area contributed by atoms with Crippen LogP contribution in [0.25, 0.3) is 0 Å². The second kappa shape index (κ2) is 7.57. The van der Waals surface area contributed by atoms with E-state index in [0.29, 0.717) is 5.82 Å². The molecule has 3 aromatic rings. The van der Waals surface area contributed by atoms with Gasteiger partial charge in [0.05, 0.1) is 12.3 Å². The summed E-state index contributed by atoms with van der Waals surface area (Å²) in [6.07, 6.45) is 1.47. The molecule has 1 aromatic carbocycles. The van der Waals surface area contributed by atoms with Gasteiger partial charge in [0, 0.05) is 12.8 Å². The number of furan rings is 1. The number of benzene rings is 1. The number of hydrogen-bond donors (Lipinski definition) is 1. The molecule has 0 fully saturated rings. The molecule has 0 radical (unpaired) electrons. The van der Waals surface area contributed by atoms with Gasteiger partial charge in [-0.1, -0.05) is 36.0 Å². The Morgan fingerprint density at radius 2 is 2.08 bits per heavy atom. The number of amides is 1. The summed E-state index contributed by atoms with van der Waals surface area (Å²) in [7, 11) is 1.91. The van der Waals surface area contributed by atoms with E-state index in [1.54, 1.807) is 23.9 Å². The van der Waals surface area contributed by atoms with Crippen LogP contribution in [0.5, 0.6) is 0 Å². The second-order valence-corrected chi connectivity index (χ2v) is 6.73. The van der Waals surface area contributed by atoms with Crippen molar-refractivity contribution in [1.29, 1.82) is 0 Å². The number of carbonyl (C=O) groups excluding carboxylic acids is 1. The monoisotopic (exact) mass is 356 g/mol. The van der Waals surface area contributed by atoms with Gasteiger partial charge in [0.2, 0.25) is 0 Å². The first-order valence-corrected chi connectivity index (χ1v) is 8.95. The molecule has 25 heavy (non-hydrogen) atoms. The van der Waals surface area contributed by atoms with Gasteiger partial charge in [-0.05, 0) is 37.1 Å². The molecule has 0 aliphatic heterocycles. The highest BCUT2D eigenvalue weighted by molar-refractivity contribution is 7.98. The maximum Gasteiger partial charge on any atom is 0.287 e. The van der Waals surface area contributed by atoms with E-state index >= 15 is 0 Å². The van der Waals surface area contributed by atoms with Crippen LogP contribution in [0.1, 0.15) is 40.5 Å². The van der Waals surface area contributed by atoms with E-state index in [1.165, 1.54) is 17.4 Å².